The van der Waals surface area contributed by atoms with Crippen LogP contribution in [0.4, 0.5) is 4.39 Å². The van der Waals surface area contributed by atoms with Crippen molar-refractivity contribution in [3.05, 3.63) is 35.6 Å². The molecule has 10 heteroatoms. The summed E-state index contributed by atoms with van der Waals surface area (Å²) in [6.07, 6.45) is 1.32. The molecule has 1 heterocycles. The molecule has 1 aromatic carbocycles. The van der Waals surface area contributed by atoms with Crippen LogP contribution < -0.4 is 9.86 Å². The van der Waals surface area contributed by atoms with E-state index >= 15 is 0 Å². The Bertz CT molecular complexity index is 752. The molecule has 1 aliphatic heterocycles. The van der Waals surface area contributed by atoms with Crippen LogP contribution in [-0.2, 0) is 26.0 Å². The molecule has 3 N–H and O–H groups in total. The van der Waals surface area contributed by atoms with Gasteiger partial charge in [-0.15, -0.1) is 0 Å². The summed E-state index contributed by atoms with van der Waals surface area (Å²) in [5.41, 5.74) is 0.122. The minimum absolute atomic E-state index is 0.0878. The highest BCUT2D eigenvalue weighted by Gasteiger charge is 2.29. The van der Waals surface area contributed by atoms with Crippen molar-refractivity contribution >= 4 is 20.2 Å². The molecule has 0 radical (unpaired) electrons. The van der Waals surface area contributed by atoms with Crippen molar-refractivity contribution in [2.24, 2.45) is 11.1 Å². The molecule has 0 bridgehead atoms. The fourth-order valence-corrected chi connectivity index (χ4v) is 4.71. The molecule has 23 heavy (non-hydrogen) atoms. The molecule has 130 valence electrons. The monoisotopic (exact) mass is 365 g/mol. The summed E-state index contributed by atoms with van der Waals surface area (Å²) < 4.78 is 63.9. The van der Waals surface area contributed by atoms with Crippen LogP contribution in [0.25, 0.3) is 0 Å². The van der Waals surface area contributed by atoms with E-state index in [2.05, 4.69) is 4.72 Å². The first-order valence-corrected chi connectivity index (χ1v) is 10.3. The Kier molecular flexibility index (Phi) is 5.74. The Balaban J connectivity index is 2.03. The van der Waals surface area contributed by atoms with E-state index in [9.17, 15) is 21.2 Å². The van der Waals surface area contributed by atoms with Gasteiger partial charge in [-0.1, -0.05) is 18.2 Å². The number of hydrogen-bond acceptors (Lipinski definition) is 4. The molecule has 1 unspecified atom stereocenters. The van der Waals surface area contributed by atoms with Crippen LogP contribution in [0.15, 0.2) is 24.3 Å². The lowest BCUT2D eigenvalue weighted by Gasteiger charge is -2.31. The molecule has 1 saturated heterocycles. The number of halogens is 1. The molecule has 1 aliphatic rings. The van der Waals surface area contributed by atoms with Gasteiger partial charge in [-0.2, -0.15) is 8.42 Å². The fourth-order valence-electron chi connectivity index (χ4n) is 2.58. The van der Waals surface area contributed by atoms with Crippen molar-refractivity contribution in [3.8, 4) is 0 Å². The largest absolute Gasteiger partial charge is 0.274 e. The fraction of sp³-hybridized carbons (Fsp3) is 0.538. The molecule has 2 rings (SSSR count). The lowest BCUT2D eigenvalue weighted by atomic mass is 10.0. The molecule has 1 fully saturated rings. The number of piperidine rings is 1. The number of sulfonamides is 1. The van der Waals surface area contributed by atoms with E-state index in [1.54, 1.807) is 6.07 Å². The topological polar surface area (TPSA) is 110 Å². The van der Waals surface area contributed by atoms with Crippen LogP contribution >= 0.6 is 0 Å². The van der Waals surface area contributed by atoms with Gasteiger partial charge in [0, 0.05) is 25.2 Å². The summed E-state index contributed by atoms with van der Waals surface area (Å²) in [4.78, 5) is 0. The Morgan fingerprint density at radius 3 is 2.61 bits per heavy atom. The van der Waals surface area contributed by atoms with E-state index in [0.717, 1.165) is 0 Å². The number of nitrogens with two attached hydrogens (primary N) is 1. The summed E-state index contributed by atoms with van der Waals surface area (Å²) in [7, 11) is -7.46. The van der Waals surface area contributed by atoms with Crippen molar-refractivity contribution in [2.45, 2.75) is 18.6 Å². The lowest BCUT2D eigenvalue weighted by molar-refractivity contribution is 0.267. The van der Waals surface area contributed by atoms with Crippen LogP contribution in [0, 0.1) is 11.7 Å². The van der Waals surface area contributed by atoms with Gasteiger partial charge in [-0.25, -0.2) is 27.0 Å². The minimum atomic E-state index is -3.80. The SMILES string of the molecule is NS(=O)(=O)NCC1CCCN(S(=O)(=O)Cc2ccccc2F)C1. The summed E-state index contributed by atoms with van der Waals surface area (Å²) >= 11 is 0. The van der Waals surface area contributed by atoms with Crippen LogP contribution in [0.1, 0.15) is 18.4 Å². The molecule has 0 amide bonds. The van der Waals surface area contributed by atoms with E-state index < -0.39 is 31.8 Å². The first-order chi connectivity index (χ1) is 10.7. The maximum Gasteiger partial charge on any atom is 0.274 e. The van der Waals surface area contributed by atoms with E-state index in [1.807, 2.05) is 0 Å². The zero-order chi connectivity index (χ0) is 17.1. The predicted molar refractivity (Wildman–Crippen MR) is 84.4 cm³/mol. The molecular weight excluding hydrogens is 345 g/mol. The average molecular weight is 365 g/mol. The van der Waals surface area contributed by atoms with Crippen molar-refractivity contribution in [2.75, 3.05) is 19.6 Å². The zero-order valence-electron chi connectivity index (χ0n) is 12.5. The highest BCUT2D eigenvalue weighted by atomic mass is 32.2. The van der Waals surface area contributed by atoms with Gasteiger partial charge in [0.05, 0.1) is 5.75 Å². The maximum absolute atomic E-state index is 13.6. The second-order valence-corrected chi connectivity index (χ2v) is 8.95. The summed E-state index contributed by atoms with van der Waals surface area (Å²) in [5, 5.41) is 4.88. The predicted octanol–water partition coefficient (Wildman–Crippen LogP) is 0.161. The molecule has 1 atom stereocenters. The third kappa shape index (κ3) is 5.50. The van der Waals surface area contributed by atoms with Crippen molar-refractivity contribution in [1.82, 2.24) is 9.03 Å². The zero-order valence-corrected chi connectivity index (χ0v) is 14.1. The van der Waals surface area contributed by atoms with E-state index in [4.69, 9.17) is 5.14 Å². The summed E-state index contributed by atoms with van der Waals surface area (Å²) in [6, 6.07) is 5.75. The Morgan fingerprint density at radius 2 is 1.96 bits per heavy atom. The van der Waals surface area contributed by atoms with E-state index in [-0.39, 0.29) is 24.6 Å². The average Bonchev–Trinajstić information content (AvgIpc) is 2.47. The number of hydrogen-bond donors (Lipinski definition) is 2. The third-order valence-electron chi connectivity index (χ3n) is 3.74. The Hall–Kier alpha value is -1.07. The number of nitrogens with zero attached hydrogens (tertiary/aromatic N) is 1. The molecule has 0 aromatic heterocycles. The molecular formula is C13H20FN3O4S2. The van der Waals surface area contributed by atoms with Gasteiger partial charge in [0.15, 0.2) is 0 Å². The van der Waals surface area contributed by atoms with Crippen LogP contribution in [0.5, 0.6) is 0 Å². The highest BCUT2D eigenvalue weighted by molar-refractivity contribution is 7.88. The maximum atomic E-state index is 13.6. The standard InChI is InChI=1S/C13H20FN3O4S2/c14-13-6-2-1-5-12(13)10-22(18,19)17-7-3-4-11(9-17)8-16-23(15,20)21/h1-2,5-6,11,16H,3-4,7-10H2,(H2,15,20,21). The van der Waals surface area contributed by atoms with Gasteiger partial charge in [-0.3, -0.25) is 0 Å². The van der Waals surface area contributed by atoms with Crippen LogP contribution in [-0.4, -0.2) is 40.8 Å². The molecule has 1 aromatic rings. The first-order valence-electron chi connectivity index (χ1n) is 7.16. The van der Waals surface area contributed by atoms with Gasteiger partial charge < -0.3 is 0 Å². The molecule has 7 nitrogen and oxygen atoms in total. The number of nitrogens with one attached hydrogen (secondary N) is 1. The number of rotatable bonds is 6. The second kappa shape index (κ2) is 7.22. The van der Waals surface area contributed by atoms with Gasteiger partial charge in [0.2, 0.25) is 10.0 Å². The quantitative estimate of drug-likeness (QED) is 0.748. The van der Waals surface area contributed by atoms with Crippen LogP contribution in [0.2, 0.25) is 0 Å². The normalized spacial score (nSPS) is 20.5. The first kappa shape index (κ1) is 18.3. The minimum Gasteiger partial charge on any atom is -0.216 e. The van der Waals surface area contributed by atoms with Crippen molar-refractivity contribution in [3.63, 3.8) is 0 Å². The molecule has 0 saturated carbocycles. The highest BCUT2D eigenvalue weighted by Crippen LogP contribution is 2.22. The van der Waals surface area contributed by atoms with Gasteiger partial charge in [0.25, 0.3) is 10.2 Å². The Morgan fingerprint density at radius 1 is 1.26 bits per heavy atom. The van der Waals surface area contributed by atoms with Gasteiger partial charge >= 0.3 is 0 Å². The second-order valence-electron chi connectivity index (χ2n) is 5.61. The lowest BCUT2D eigenvalue weighted by Crippen LogP contribution is -2.45. The molecule has 0 spiro atoms. The summed E-state index contributed by atoms with van der Waals surface area (Å²) in [6.45, 7) is 0.631. The van der Waals surface area contributed by atoms with Crippen LogP contribution in [0.3, 0.4) is 0 Å². The van der Waals surface area contributed by atoms with Gasteiger partial charge in [-0.05, 0) is 24.8 Å². The van der Waals surface area contributed by atoms with Gasteiger partial charge in [0.1, 0.15) is 5.82 Å². The molecule has 0 aliphatic carbocycles. The van der Waals surface area contributed by atoms with E-state index in [0.29, 0.717) is 19.4 Å². The Labute approximate surface area is 135 Å². The van der Waals surface area contributed by atoms with E-state index in [1.165, 1.54) is 22.5 Å². The van der Waals surface area contributed by atoms with Crippen molar-refractivity contribution in [1.29, 1.82) is 0 Å². The van der Waals surface area contributed by atoms with Crippen molar-refractivity contribution < 1.29 is 21.2 Å². The smallest absolute Gasteiger partial charge is 0.216 e. The third-order valence-corrected chi connectivity index (χ3v) is 6.11. The number of benzene rings is 1. The summed E-state index contributed by atoms with van der Waals surface area (Å²) in [5.74, 6) is -1.12.